The van der Waals surface area contributed by atoms with Crippen LogP contribution in [0.3, 0.4) is 0 Å². The molecule has 1 N–H and O–H groups in total. The van der Waals surface area contributed by atoms with Crippen molar-refractivity contribution in [3.05, 3.63) is 55.6 Å². The topological polar surface area (TPSA) is 138 Å². The van der Waals surface area contributed by atoms with Crippen molar-refractivity contribution in [3.63, 3.8) is 0 Å². The largest absolute Gasteiger partial charge is 1.00 e. The Bertz CT molecular complexity index is 564. The molecule has 0 unspecified atom stereocenters. The van der Waals surface area contributed by atoms with E-state index < -0.39 is 21.5 Å². The zero-order valence-corrected chi connectivity index (χ0v) is 12.8. The number of hydrogen-bond acceptors (Lipinski definition) is 5. The summed E-state index contributed by atoms with van der Waals surface area (Å²) in [6.45, 7) is 0. The van der Waals surface area contributed by atoms with Crippen LogP contribution in [0.25, 0.3) is 5.41 Å². The van der Waals surface area contributed by atoms with Crippen molar-refractivity contribution in [1.82, 2.24) is 0 Å². The van der Waals surface area contributed by atoms with E-state index >= 15 is 0 Å². The summed E-state index contributed by atoms with van der Waals surface area (Å²) in [5.74, 6) is -0.0355. The van der Waals surface area contributed by atoms with Crippen LogP contribution in [0.2, 0.25) is 0 Å². The number of nitrogens with zero attached hydrogens (tertiary/aromatic N) is 3. The van der Waals surface area contributed by atoms with Crippen molar-refractivity contribution in [3.8, 4) is 0 Å². The average Bonchev–Trinajstić information content (AvgIpc) is 2.29. The van der Waals surface area contributed by atoms with Gasteiger partial charge in [-0.15, -0.1) is 0 Å². The van der Waals surface area contributed by atoms with Gasteiger partial charge in [0, 0.05) is 17.8 Å². The molecule has 0 atom stereocenters. The van der Waals surface area contributed by atoms with Gasteiger partial charge in [-0.1, -0.05) is 0 Å². The Morgan fingerprint density at radius 3 is 2.11 bits per heavy atom. The molecule has 19 heavy (non-hydrogen) atoms. The van der Waals surface area contributed by atoms with E-state index in [1.165, 1.54) is 12.1 Å². The van der Waals surface area contributed by atoms with E-state index in [1.54, 1.807) is 0 Å². The van der Waals surface area contributed by atoms with Crippen molar-refractivity contribution < 1.29 is 66.0 Å². The minimum absolute atomic E-state index is 0. The second-order valence-corrected chi connectivity index (χ2v) is 2.98. The van der Waals surface area contributed by atoms with E-state index in [2.05, 4.69) is 5.32 Å². The number of hydrogen-bond donors (Lipinski definition) is 1. The van der Waals surface area contributed by atoms with Crippen LogP contribution >= 0.6 is 0 Å². The Morgan fingerprint density at radius 1 is 1.21 bits per heavy atom. The summed E-state index contributed by atoms with van der Waals surface area (Å²) in [6, 6.07) is 4.64. The quantitative estimate of drug-likeness (QED) is 0.223. The first kappa shape index (κ1) is 17.6. The van der Waals surface area contributed by atoms with E-state index in [0.29, 0.717) is 0 Å². The summed E-state index contributed by atoms with van der Waals surface area (Å²) in [7, 11) is 0. The molecule has 10 heteroatoms. The van der Waals surface area contributed by atoms with Crippen molar-refractivity contribution >= 4 is 23.2 Å². The van der Waals surface area contributed by atoms with Crippen LogP contribution in [0.4, 0.5) is 11.4 Å². The summed E-state index contributed by atoms with van der Waals surface area (Å²) in [4.78, 5) is 30.2. The van der Waals surface area contributed by atoms with Gasteiger partial charge in [-0.2, -0.15) is 5.87 Å². The van der Waals surface area contributed by atoms with E-state index in [4.69, 9.17) is 5.41 Å². The van der Waals surface area contributed by atoms with Crippen molar-refractivity contribution in [1.29, 1.82) is 0 Å². The third-order valence-corrected chi connectivity index (χ3v) is 1.84. The minimum atomic E-state index is -1.18. The van der Waals surface area contributed by atoms with Gasteiger partial charge in [0.2, 0.25) is 0 Å². The van der Waals surface area contributed by atoms with Gasteiger partial charge in [0.15, 0.2) is 0 Å². The van der Waals surface area contributed by atoms with Gasteiger partial charge < -0.3 is 10.7 Å². The molecule has 0 aliphatic heterocycles. The number of nitro benzene ring substituents is 1. The van der Waals surface area contributed by atoms with E-state index in [0.717, 1.165) is 18.0 Å². The molecule has 0 fully saturated rings. The first-order valence-electron chi connectivity index (χ1n) is 4.43. The van der Waals surface area contributed by atoms with Crippen LogP contribution in [-0.4, -0.2) is 21.6 Å². The van der Waals surface area contributed by atoms with E-state index in [9.17, 15) is 25.0 Å². The maximum atomic E-state index is 11.3. The predicted octanol–water partition coefficient (Wildman–Crippen LogP) is -2.06. The van der Waals surface area contributed by atoms with E-state index in [1.807, 2.05) is 0 Å². The summed E-state index contributed by atoms with van der Waals surface area (Å²) in [5.41, 5.74) is -1.24. The van der Waals surface area contributed by atoms with Gasteiger partial charge in [-0.05, 0) is 12.1 Å². The molecule has 0 radical (unpaired) electrons. The zero-order chi connectivity index (χ0) is 13.7. The Morgan fingerprint density at radius 2 is 1.74 bits per heavy atom. The zero-order valence-electron chi connectivity index (χ0n) is 9.69. The minimum Gasteiger partial charge on any atom is -0.757 e. The second-order valence-electron chi connectivity index (χ2n) is 2.98. The smallest absolute Gasteiger partial charge is 0.757 e. The summed E-state index contributed by atoms with van der Waals surface area (Å²) >= 11 is 0. The monoisotopic (exact) mass is 288 g/mol. The maximum Gasteiger partial charge on any atom is 1.00 e. The molecule has 0 saturated carbocycles. The molecule has 0 aromatic heterocycles. The van der Waals surface area contributed by atoms with Crippen molar-refractivity contribution in [2.24, 2.45) is 0 Å². The first-order valence-corrected chi connectivity index (χ1v) is 4.43. The molecule has 0 spiro atoms. The van der Waals surface area contributed by atoms with Gasteiger partial charge in [-0.3, -0.25) is 25.0 Å². The fraction of sp³-hybridized carbons (Fsp3) is 0. The van der Waals surface area contributed by atoms with Crippen molar-refractivity contribution in [2.75, 3.05) is 5.32 Å². The van der Waals surface area contributed by atoms with Crippen LogP contribution in [0.1, 0.15) is 0 Å². The van der Waals surface area contributed by atoms with Crippen LogP contribution in [0.5, 0.6) is 0 Å². The Hall–Kier alpha value is -1.42. The SMILES string of the molecule is [K+].[N-]=C=C(C(=O)Nc1ccc([N+](=O)[O-])cc1)[N+](=O)[O-]. The molecular formula is C9H5KN4O5. The molecule has 0 bridgehead atoms. The fourth-order valence-electron chi connectivity index (χ4n) is 1.03. The molecule has 0 aliphatic carbocycles. The van der Waals surface area contributed by atoms with Crippen LogP contribution in [0, 0.1) is 20.2 Å². The number of carbonyl (C=O) groups is 1. The van der Waals surface area contributed by atoms with Crippen LogP contribution in [-0.2, 0) is 4.79 Å². The Balaban J connectivity index is 0.00000324. The number of non-ortho nitro benzene ring substituents is 1. The summed E-state index contributed by atoms with van der Waals surface area (Å²) in [6.07, 6.45) is 0. The maximum absolute atomic E-state index is 11.3. The molecule has 1 amide bonds. The standard InChI is InChI=1S/C9H5N4O5.K/c10-5-8(13(17)18)9(14)11-6-1-3-7(4-2-6)12(15)16;/h1-4H,(H,11,14);/q-1;+1. The molecule has 1 aromatic carbocycles. The normalized spacial score (nSPS) is 8.63. The predicted molar refractivity (Wildman–Crippen MR) is 60.6 cm³/mol. The number of nitro groups is 2. The molecule has 0 saturated heterocycles. The third kappa shape index (κ3) is 4.99. The molecular weight excluding hydrogens is 283 g/mol. The molecule has 0 heterocycles. The second kappa shape index (κ2) is 7.89. The third-order valence-electron chi connectivity index (χ3n) is 1.84. The summed E-state index contributed by atoms with van der Waals surface area (Å²) < 4.78 is 0. The molecule has 1 rings (SSSR count). The van der Waals surface area contributed by atoms with Crippen LogP contribution < -0.4 is 56.7 Å². The van der Waals surface area contributed by atoms with Gasteiger partial charge in [0.1, 0.15) is 0 Å². The Labute approximate surface area is 148 Å². The summed E-state index contributed by atoms with van der Waals surface area (Å²) in [5, 5.41) is 31.1. The fourth-order valence-corrected chi connectivity index (χ4v) is 1.03. The average molecular weight is 288 g/mol. The van der Waals surface area contributed by atoms with Crippen LogP contribution in [0.15, 0.2) is 30.0 Å². The molecule has 0 aliphatic rings. The number of benzene rings is 1. The van der Waals surface area contributed by atoms with E-state index in [-0.39, 0.29) is 62.8 Å². The van der Waals surface area contributed by atoms with Crippen molar-refractivity contribution in [2.45, 2.75) is 0 Å². The van der Waals surface area contributed by atoms with Gasteiger partial charge in [-0.25, -0.2) is 0 Å². The molecule has 1 aromatic rings. The van der Waals surface area contributed by atoms with Gasteiger partial charge in [0.05, 0.1) is 9.85 Å². The Kier molecular flexibility index (Phi) is 7.30. The first-order chi connectivity index (χ1) is 8.45. The van der Waals surface area contributed by atoms with Gasteiger partial charge >= 0.3 is 63.0 Å². The number of amides is 1. The number of anilines is 1. The van der Waals surface area contributed by atoms with Gasteiger partial charge in [0.25, 0.3) is 5.69 Å². The number of nitrogens with one attached hydrogen (secondary N) is 1. The number of rotatable bonds is 4. The molecule has 9 nitrogen and oxygen atoms in total. The molecule has 92 valence electrons. The number of carbonyl (C=O) groups excluding carboxylic acids is 1.